The summed E-state index contributed by atoms with van der Waals surface area (Å²) >= 11 is 5.75. The Balaban J connectivity index is 0.918. The molecular formula is C41H50F3N7O5S. The van der Waals surface area contributed by atoms with Gasteiger partial charge in [-0.3, -0.25) is 39.3 Å². The largest absolute Gasteiger partial charge is 0.417 e. The van der Waals surface area contributed by atoms with Crippen LogP contribution in [0.5, 0.6) is 0 Å². The Morgan fingerprint density at radius 2 is 1.77 bits per heavy atom. The van der Waals surface area contributed by atoms with Gasteiger partial charge in [0.05, 0.1) is 59.0 Å². The van der Waals surface area contributed by atoms with E-state index < -0.39 is 34.7 Å². The van der Waals surface area contributed by atoms with Crippen LogP contribution in [0, 0.1) is 17.2 Å². The highest BCUT2D eigenvalue weighted by Crippen LogP contribution is 2.41. The number of nitriles is 1. The number of benzene rings is 1. The number of ether oxygens (including phenoxy) is 1. The van der Waals surface area contributed by atoms with E-state index in [4.69, 9.17) is 17.0 Å². The van der Waals surface area contributed by atoms with Gasteiger partial charge in [0.1, 0.15) is 5.54 Å². The summed E-state index contributed by atoms with van der Waals surface area (Å²) in [6, 6.07) is 8.53. The van der Waals surface area contributed by atoms with Crippen molar-refractivity contribution in [3.63, 3.8) is 0 Å². The van der Waals surface area contributed by atoms with Crippen LogP contribution >= 0.6 is 12.2 Å². The molecule has 4 amide bonds. The topological polar surface area (TPSA) is 148 Å². The Labute approximate surface area is 336 Å². The lowest BCUT2D eigenvalue weighted by molar-refractivity contribution is -0.138. The van der Waals surface area contributed by atoms with Crippen molar-refractivity contribution in [2.75, 3.05) is 23.4 Å². The first-order valence-electron chi connectivity index (χ1n) is 19.7. The van der Waals surface area contributed by atoms with E-state index in [0.717, 1.165) is 63.5 Å². The molecular weight excluding hydrogens is 760 g/mol. The molecule has 2 N–H and O–H groups in total. The van der Waals surface area contributed by atoms with Gasteiger partial charge in [0.25, 0.3) is 5.91 Å². The smallest absolute Gasteiger partial charge is 0.378 e. The van der Waals surface area contributed by atoms with Crippen LogP contribution in [0.1, 0.15) is 115 Å². The van der Waals surface area contributed by atoms with E-state index in [0.29, 0.717) is 30.3 Å². The number of thiocarbonyl (C=S) groups is 1. The summed E-state index contributed by atoms with van der Waals surface area (Å²) in [6.07, 6.45) is 4.60. The molecule has 3 saturated heterocycles. The number of piperidine rings is 2. The quantitative estimate of drug-likeness (QED) is 0.148. The number of nitrogens with zero attached hydrogens (tertiary/aromatic N) is 5. The third-order valence-electron chi connectivity index (χ3n) is 12.0. The Kier molecular flexibility index (Phi) is 12.7. The zero-order valence-electron chi connectivity index (χ0n) is 32.7. The van der Waals surface area contributed by atoms with E-state index in [2.05, 4.69) is 34.4 Å². The maximum absolute atomic E-state index is 13.7. The molecule has 306 valence electrons. The van der Waals surface area contributed by atoms with Crippen molar-refractivity contribution in [1.82, 2.24) is 20.1 Å². The van der Waals surface area contributed by atoms with E-state index in [1.807, 2.05) is 4.90 Å². The minimum absolute atomic E-state index is 0.00559. The fourth-order valence-electron chi connectivity index (χ4n) is 9.01. The molecule has 1 aromatic heterocycles. The van der Waals surface area contributed by atoms with E-state index in [-0.39, 0.29) is 65.7 Å². The molecule has 4 heterocycles. The monoisotopic (exact) mass is 809 g/mol. The summed E-state index contributed by atoms with van der Waals surface area (Å²) in [5.74, 6) is -1.17. The first-order valence-corrected chi connectivity index (χ1v) is 20.1. The van der Waals surface area contributed by atoms with E-state index in [1.54, 1.807) is 32.0 Å². The lowest BCUT2D eigenvalue weighted by atomic mass is 9.82. The van der Waals surface area contributed by atoms with Crippen molar-refractivity contribution in [3.8, 4) is 6.07 Å². The summed E-state index contributed by atoms with van der Waals surface area (Å²) in [5.41, 5.74) is -1.53. The molecule has 2 unspecified atom stereocenters. The predicted octanol–water partition coefficient (Wildman–Crippen LogP) is 6.44. The van der Waals surface area contributed by atoms with Gasteiger partial charge in [0.2, 0.25) is 17.7 Å². The van der Waals surface area contributed by atoms with Gasteiger partial charge in [-0.2, -0.15) is 18.4 Å². The Bertz CT molecular complexity index is 1900. The number of alkyl halides is 3. The molecule has 12 nitrogen and oxygen atoms in total. The first-order chi connectivity index (χ1) is 27.0. The molecule has 1 aromatic carbocycles. The predicted molar refractivity (Wildman–Crippen MR) is 210 cm³/mol. The summed E-state index contributed by atoms with van der Waals surface area (Å²) < 4.78 is 47.5. The standard InChI is InChI=1S/C41H50F3N7O5S/c1-24-18-31(19-25(2)49(24)23-36(53)47-28-10-15-34(46-22-28)32-14-16-35(52)48-37(32)54)56-17-5-6-26-7-11-29(12-8-26)51-39(57)50(38(55)40(51,3)4)30-13-9-27(21-45)33(20-30)41(42,43)44/h9-10,13,15,20,22,24-26,29,31-32H,5-8,11-12,14,16-19,23H2,1-4H3,(H,47,53)(H,48,52,54)/t24-,25+,26?,29?,31?,32?. The van der Waals surface area contributed by atoms with Gasteiger partial charge >= 0.3 is 6.18 Å². The first kappa shape index (κ1) is 42.2. The number of amides is 4. The fraction of sp³-hybridized carbons (Fsp3) is 0.585. The number of halogens is 3. The van der Waals surface area contributed by atoms with Gasteiger partial charge in [0.15, 0.2) is 5.11 Å². The summed E-state index contributed by atoms with van der Waals surface area (Å²) in [5, 5.41) is 14.7. The van der Waals surface area contributed by atoms with Gasteiger partial charge in [-0.25, -0.2) is 0 Å². The summed E-state index contributed by atoms with van der Waals surface area (Å²) in [6.45, 7) is 8.60. The summed E-state index contributed by atoms with van der Waals surface area (Å²) in [7, 11) is 0. The molecule has 2 aromatic rings. The fourth-order valence-corrected chi connectivity index (χ4v) is 9.57. The molecule has 4 atom stereocenters. The van der Waals surface area contributed by atoms with Crippen molar-refractivity contribution >= 4 is 52.3 Å². The minimum Gasteiger partial charge on any atom is -0.378 e. The van der Waals surface area contributed by atoms with Crippen molar-refractivity contribution in [2.45, 2.75) is 134 Å². The molecule has 0 spiro atoms. The molecule has 1 saturated carbocycles. The number of carbonyl (C=O) groups is 4. The normalized spacial score (nSPS) is 27.0. The molecule has 1 aliphatic carbocycles. The van der Waals surface area contributed by atoms with Gasteiger partial charge < -0.3 is 15.0 Å². The van der Waals surface area contributed by atoms with E-state index >= 15 is 0 Å². The molecule has 0 bridgehead atoms. The maximum Gasteiger partial charge on any atom is 0.417 e. The molecule has 6 rings (SSSR count). The zero-order valence-corrected chi connectivity index (χ0v) is 33.5. The number of carbonyl (C=O) groups excluding carboxylic acids is 4. The SMILES string of the molecule is C[C@@H]1CC(OCCCC2CCC(N3C(=S)N(c4ccc(C#N)c(C(F)(F)F)c4)C(=O)C3(C)C)CC2)C[C@H](C)N1CC(=O)Nc1ccc(C2CCC(=O)NC2=O)nc1. The van der Waals surface area contributed by atoms with Crippen molar-refractivity contribution in [1.29, 1.82) is 5.26 Å². The molecule has 4 fully saturated rings. The molecule has 0 radical (unpaired) electrons. The van der Waals surface area contributed by atoms with Gasteiger partial charge in [-0.05, 0) is 134 Å². The molecule has 57 heavy (non-hydrogen) atoms. The lowest BCUT2D eigenvalue weighted by Gasteiger charge is -2.42. The number of pyridine rings is 1. The average Bonchev–Trinajstić information content (AvgIpc) is 3.33. The molecule has 3 aliphatic heterocycles. The second-order valence-corrected chi connectivity index (χ2v) is 16.7. The highest BCUT2D eigenvalue weighted by atomic mass is 32.1. The number of aromatic nitrogens is 1. The van der Waals surface area contributed by atoms with Crippen LogP contribution in [0.15, 0.2) is 36.5 Å². The van der Waals surface area contributed by atoms with Gasteiger partial charge in [0, 0.05) is 31.2 Å². The number of rotatable bonds is 11. The highest BCUT2D eigenvalue weighted by molar-refractivity contribution is 7.80. The Hall–Kier alpha value is -4.46. The second-order valence-electron chi connectivity index (χ2n) is 16.4. The number of hydrogen-bond donors (Lipinski definition) is 2. The number of imide groups is 1. The third kappa shape index (κ3) is 9.31. The number of nitrogens with one attached hydrogen (secondary N) is 2. The van der Waals surface area contributed by atoms with Gasteiger partial charge in [-0.1, -0.05) is 0 Å². The number of likely N-dealkylation sites (tertiary alicyclic amines) is 1. The van der Waals surface area contributed by atoms with Crippen LogP contribution in [0.2, 0.25) is 0 Å². The van der Waals surface area contributed by atoms with E-state index in [9.17, 15) is 37.6 Å². The zero-order chi connectivity index (χ0) is 41.2. The Morgan fingerprint density at radius 3 is 2.39 bits per heavy atom. The Morgan fingerprint density at radius 1 is 1.07 bits per heavy atom. The second kappa shape index (κ2) is 17.2. The minimum atomic E-state index is -4.75. The lowest BCUT2D eigenvalue weighted by Crippen LogP contribution is -2.51. The van der Waals surface area contributed by atoms with Crippen LogP contribution in [-0.2, 0) is 30.1 Å². The third-order valence-corrected chi connectivity index (χ3v) is 12.4. The number of anilines is 2. The van der Waals surface area contributed by atoms with Crippen LogP contribution in [0.25, 0.3) is 0 Å². The highest BCUT2D eigenvalue weighted by Gasteiger charge is 2.52. The summed E-state index contributed by atoms with van der Waals surface area (Å²) in [4.78, 5) is 59.9. The van der Waals surface area contributed by atoms with Crippen LogP contribution in [-0.4, -0.2) is 86.4 Å². The van der Waals surface area contributed by atoms with Crippen LogP contribution in [0.3, 0.4) is 0 Å². The van der Waals surface area contributed by atoms with Crippen LogP contribution in [0.4, 0.5) is 24.5 Å². The van der Waals surface area contributed by atoms with Crippen molar-refractivity contribution in [3.05, 3.63) is 53.3 Å². The molecule has 16 heteroatoms. The average molecular weight is 810 g/mol. The maximum atomic E-state index is 13.7. The van der Waals surface area contributed by atoms with Crippen molar-refractivity contribution < 1.29 is 37.1 Å². The van der Waals surface area contributed by atoms with Gasteiger partial charge in [-0.15, -0.1) is 0 Å². The van der Waals surface area contributed by atoms with Crippen LogP contribution < -0.4 is 15.5 Å². The molecule has 4 aliphatic rings. The van der Waals surface area contributed by atoms with Crippen molar-refractivity contribution in [2.24, 2.45) is 5.92 Å². The number of hydrogen-bond acceptors (Lipinski definition) is 9. The van der Waals surface area contributed by atoms with E-state index in [1.165, 1.54) is 17.2 Å².